The van der Waals surface area contributed by atoms with E-state index in [0.717, 1.165) is 48.9 Å². The number of aromatic nitrogens is 3. The van der Waals surface area contributed by atoms with E-state index < -0.39 is 0 Å². The van der Waals surface area contributed by atoms with Crippen LogP contribution in [0.15, 0.2) is 30.5 Å². The minimum atomic E-state index is -0.00587. The molecule has 0 saturated carbocycles. The topological polar surface area (TPSA) is 85.7 Å². The van der Waals surface area contributed by atoms with Gasteiger partial charge < -0.3 is 14.9 Å². The van der Waals surface area contributed by atoms with Gasteiger partial charge >= 0.3 is 0 Å². The molecule has 0 unspecified atom stereocenters. The van der Waals surface area contributed by atoms with Crippen LogP contribution in [-0.2, 0) is 6.42 Å². The Morgan fingerprint density at radius 3 is 2.68 bits per heavy atom. The standard InChI is InChI=1S/C24H29ClN6O2S/c1-16-5-4-6-19(25)18(16)13-20(33)21-15-26-24(34-21)29(3)22-14-23(28-17(2)27-22)31-9-7-30(8-10-31)11-12-32/h4-6,14-15,32H,7-13H2,1-3H3. The second-order valence-electron chi connectivity index (χ2n) is 8.39. The van der Waals surface area contributed by atoms with Gasteiger partial charge in [-0.15, -0.1) is 0 Å². The largest absolute Gasteiger partial charge is 0.395 e. The van der Waals surface area contributed by atoms with Crippen molar-refractivity contribution >= 4 is 45.5 Å². The molecule has 8 nitrogen and oxygen atoms in total. The minimum absolute atomic E-state index is 0.00587. The summed E-state index contributed by atoms with van der Waals surface area (Å²) in [5.41, 5.74) is 1.86. The van der Waals surface area contributed by atoms with Crippen molar-refractivity contribution in [2.24, 2.45) is 0 Å². The van der Waals surface area contributed by atoms with Crippen molar-refractivity contribution in [3.8, 4) is 0 Å². The second-order valence-corrected chi connectivity index (χ2v) is 9.80. The first kappa shape index (κ1) is 24.5. The molecule has 4 rings (SSSR count). The predicted octanol–water partition coefficient (Wildman–Crippen LogP) is 3.51. The number of aliphatic hydroxyl groups is 1. The van der Waals surface area contributed by atoms with Crippen LogP contribution in [0.1, 0.15) is 26.6 Å². The zero-order chi connectivity index (χ0) is 24.2. The number of β-amino-alcohol motifs (C(OH)–C–C–N with tert-alkyl or cyclic N) is 1. The summed E-state index contributed by atoms with van der Waals surface area (Å²) >= 11 is 7.66. The number of rotatable bonds is 8. The lowest BCUT2D eigenvalue weighted by atomic mass is 10.0. The summed E-state index contributed by atoms with van der Waals surface area (Å²) in [6.07, 6.45) is 1.87. The van der Waals surface area contributed by atoms with Crippen molar-refractivity contribution < 1.29 is 9.90 Å². The van der Waals surface area contributed by atoms with E-state index in [2.05, 4.69) is 24.8 Å². The highest BCUT2D eigenvalue weighted by Gasteiger charge is 2.21. The lowest BCUT2D eigenvalue weighted by Crippen LogP contribution is -2.47. The van der Waals surface area contributed by atoms with Crippen LogP contribution in [0.25, 0.3) is 0 Å². The number of aliphatic hydroxyl groups excluding tert-OH is 1. The number of hydrogen-bond acceptors (Lipinski definition) is 9. The van der Waals surface area contributed by atoms with E-state index in [1.54, 1.807) is 6.20 Å². The van der Waals surface area contributed by atoms with E-state index in [0.29, 0.717) is 27.4 Å². The first-order valence-corrected chi connectivity index (χ1v) is 12.5. The number of carbonyl (C=O) groups excluding carboxylic acids is 1. The van der Waals surface area contributed by atoms with Gasteiger partial charge in [0.2, 0.25) is 0 Å². The minimum Gasteiger partial charge on any atom is -0.395 e. The fourth-order valence-corrected chi connectivity index (χ4v) is 5.11. The maximum Gasteiger partial charge on any atom is 0.191 e. The van der Waals surface area contributed by atoms with Crippen LogP contribution in [0, 0.1) is 13.8 Å². The van der Waals surface area contributed by atoms with Crippen LogP contribution in [-0.4, -0.2) is 77.1 Å². The van der Waals surface area contributed by atoms with Crippen molar-refractivity contribution in [1.82, 2.24) is 19.9 Å². The van der Waals surface area contributed by atoms with Gasteiger partial charge in [-0.05, 0) is 31.0 Å². The maximum absolute atomic E-state index is 12.9. The van der Waals surface area contributed by atoms with Gasteiger partial charge in [0.1, 0.15) is 17.5 Å². The molecule has 3 heterocycles. The molecule has 0 amide bonds. The number of aryl methyl sites for hydroxylation is 2. The van der Waals surface area contributed by atoms with E-state index in [1.807, 2.05) is 50.1 Å². The van der Waals surface area contributed by atoms with Crippen molar-refractivity contribution in [1.29, 1.82) is 0 Å². The molecule has 1 aliphatic heterocycles. The molecule has 0 bridgehead atoms. The molecule has 1 N–H and O–H groups in total. The lowest BCUT2D eigenvalue weighted by Gasteiger charge is -2.35. The zero-order valence-corrected chi connectivity index (χ0v) is 21.2. The fraction of sp³-hybridized carbons (Fsp3) is 0.417. The summed E-state index contributed by atoms with van der Waals surface area (Å²) in [7, 11) is 1.90. The molecule has 0 atom stereocenters. The highest BCUT2D eigenvalue weighted by Crippen LogP contribution is 2.30. The Balaban J connectivity index is 1.48. The van der Waals surface area contributed by atoms with Gasteiger partial charge in [0.05, 0.1) is 17.7 Å². The molecule has 1 saturated heterocycles. The summed E-state index contributed by atoms with van der Waals surface area (Å²) in [5, 5.41) is 10.5. The Kier molecular flexibility index (Phi) is 7.77. The first-order valence-electron chi connectivity index (χ1n) is 11.3. The molecular formula is C24H29ClN6O2S. The second kappa shape index (κ2) is 10.8. The van der Waals surface area contributed by atoms with Gasteiger partial charge in [0.25, 0.3) is 0 Å². The third kappa shape index (κ3) is 5.55. The van der Waals surface area contributed by atoms with Gasteiger partial charge in [0, 0.05) is 57.3 Å². The average Bonchev–Trinajstić information content (AvgIpc) is 3.32. The Bertz CT molecular complexity index is 1140. The molecule has 0 radical (unpaired) electrons. The number of halogens is 1. The Hall–Kier alpha value is -2.59. The molecule has 34 heavy (non-hydrogen) atoms. The van der Waals surface area contributed by atoms with Gasteiger partial charge in [0.15, 0.2) is 10.9 Å². The molecule has 0 aliphatic carbocycles. The van der Waals surface area contributed by atoms with E-state index >= 15 is 0 Å². The quantitative estimate of drug-likeness (QED) is 0.470. The number of nitrogens with zero attached hydrogens (tertiary/aromatic N) is 6. The van der Waals surface area contributed by atoms with Gasteiger partial charge in [-0.2, -0.15) is 0 Å². The Labute approximate surface area is 208 Å². The van der Waals surface area contributed by atoms with E-state index in [-0.39, 0.29) is 18.8 Å². The summed E-state index contributed by atoms with van der Waals surface area (Å²) in [6, 6.07) is 7.62. The molecule has 1 aromatic carbocycles. The van der Waals surface area contributed by atoms with Crippen LogP contribution >= 0.6 is 22.9 Å². The SMILES string of the molecule is Cc1nc(N2CCN(CCO)CC2)cc(N(C)c2ncc(C(=O)Cc3c(C)cccc3Cl)s2)n1. The smallest absolute Gasteiger partial charge is 0.191 e. The first-order chi connectivity index (χ1) is 16.4. The van der Waals surface area contributed by atoms with E-state index in [4.69, 9.17) is 16.7 Å². The Morgan fingerprint density at radius 1 is 1.21 bits per heavy atom. The monoisotopic (exact) mass is 500 g/mol. The summed E-state index contributed by atoms with van der Waals surface area (Å²) in [5.74, 6) is 2.28. The Morgan fingerprint density at radius 2 is 1.97 bits per heavy atom. The van der Waals surface area contributed by atoms with Crippen molar-refractivity contribution in [2.45, 2.75) is 20.3 Å². The number of ketones is 1. The number of hydrogen-bond donors (Lipinski definition) is 1. The van der Waals surface area contributed by atoms with Crippen molar-refractivity contribution in [2.75, 3.05) is 56.2 Å². The van der Waals surface area contributed by atoms with Crippen molar-refractivity contribution in [3.63, 3.8) is 0 Å². The van der Waals surface area contributed by atoms with Crippen LogP contribution in [0.4, 0.5) is 16.8 Å². The third-order valence-electron chi connectivity index (χ3n) is 6.01. The molecule has 10 heteroatoms. The molecule has 180 valence electrons. The number of anilines is 3. The van der Waals surface area contributed by atoms with Gasteiger partial charge in [-0.1, -0.05) is 35.1 Å². The van der Waals surface area contributed by atoms with Gasteiger partial charge in [-0.25, -0.2) is 15.0 Å². The molecule has 1 aliphatic rings. The number of benzene rings is 1. The lowest BCUT2D eigenvalue weighted by molar-refractivity contribution is 0.0996. The fourth-order valence-electron chi connectivity index (χ4n) is 4.00. The normalized spacial score (nSPS) is 14.4. The van der Waals surface area contributed by atoms with E-state index in [1.165, 1.54) is 11.3 Å². The average molecular weight is 501 g/mol. The summed E-state index contributed by atoms with van der Waals surface area (Å²) in [6.45, 7) is 8.18. The van der Waals surface area contributed by atoms with Crippen LogP contribution in [0.5, 0.6) is 0 Å². The molecule has 0 spiro atoms. The summed E-state index contributed by atoms with van der Waals surface area (Å²) < 4.78 is 0. The number of Topliss-reactive ketones (excluding diaryl/α,β-unsaturated/α-hetero) is 1. The maximum atomic E-state index is 12.9. The highest BCUT2D eigenvalue weighted by molar-refractivity contribution is 7.17. The third-order valence-corrected chi connectivity index (χ3v) is 7.48. The predicted molar refractivity (Wildman–Crippen MR) is 137 cm³/mol. The number of piperazine rings is 1. The van der Waals surface area contributed by atoms with Crippen LogP contribution in [0.3, 0.4) is 0 Å². The van der Waals surface area contributed by atoms with Crippen molar-refractivity contribution in [3.05, 3.63) is 57.3 Å². The zero-order valence-electron chi connectivity index (χ0n) is 19.7. The molecule has 1 fully saturated rings. The molecule has 3 aromatic rings. The van der Waals surface area contributed by atoms with E-state index in [9.17, 15) is 4.79 Å². The molecular weight excluding hydrogens is 472 g/mol. The summed E-state index contributed by atoms with van der Waals surface area (Å²) in [4.78, 5) is 33.6. The number of carbonyl (C=O) groups is 1. The van der Waals surface area contributed by atoms with Gasteiger partial charge in [-0.3, -0.25) is 9.69 Å². The van der Waals surface area contributed by atoms with Crippen LogP contribution < -0.4 is 9.80 Å². The van der Waals surface area contributed by atoms with Crippen LogP contribution in [0.2, 0.25) is 5.02 Å². The highest BCUT2D eigenvalue weighted by atomic mass is 35.5. The number of thiazole rings is 1. The molecule has 2 aromatic heterocycles.